The predicted octanol–water partition coefficient (Wildman–Crippen LogP) is -0.0957. The lowest BCUT2D eigenvalue weighted by molar-refractivity contribution is -0.156. The highest BCUT2D eigenvalue weighted by atomic mass is 32.1. The Labute approximate surface area is 137 Å². The van der Waals surface area contributed by atoms with E-state index in [0.29, 0.717) is 25.8 Å². The van der Waals surface area contributed by atoms with E-state index in [1.165, 1.54) is 9.80 Å². The van der Waals surface area contributed by atoms with Gasteiger partial charge in [0.1, 0.15) is 6.04 Å². The van der Waals surface area contributed by atoms with Gasteiger partial charge < -0.3 is 20.6 Å². The Hall–Kier alpha value is -1.93. The summed E-state index contributed by atoms with van der Waals surface area (Å²) in [4.78, 5) is 38.9. The van der Waals surface area contributed by atoms with Crippen molar-refractivity contribution in [3.8, 4) is 0 Å². The molecule has 2 aliphatic rings. The van der Waals surface area contributed by atoms with Crippen LogP contribution in [0.25, 0.3) is 0 Å². The Balaban J connectivity index is 1.65. The lowest BCUT2D eigenvalue weighted by Crippen LogP contribution is -2.60. The molecule has 124 valence electrons. The van der Waals surface area contributed by atoms with E-state index in [2.05, 4.69) is 0 Å². The Bertz CT molecular complexity index is 618. The molecule has 0 bridgehead atoms. The number of aliphatic carboxylic acids is 1. The summed E-state index contributed by atoms with van der Waals surface area (Å²) < 4.78 is 0. The molecule has 2 fully saturated rings. The van der Waals surface area contributed by atoms with Gasteiger partial charge >= 0.3 is 5.97 Å². The van der Waals surface area contributed by atoms with Gasteiger partial charge in [-0.1, -0.05) is 0 Å². The smallest absolute Gasteiger partial charge is 0.326 e. The van der Waals surface area contributed by atoms with Crippen LogP contribution in [0.5, 0.6) is 0 Å². The molecule has 2 aliphatic heterocycles. The predicted molar refractivity (Wildman–Crippen MR) is 83.9 cm³/mol. The summed E-state index contributed by atoms with van der Waals surface area (Å²) in [6, 6.07) is 0.273. The minimum absolute atomic E-state index is 0.0869. The van der Waals surface area contributed by atoms with Gasteiger partial charge in [-0.05, 0) is 41.7 Å². The fraction of sp³-hybridized carbons (Fsp3) is 0.533. The molecule has 3 unspecified atom stereocenters. The van der Waals surface area contributed by atoms with Crippen molar-refractivity contribution >= 4 is 29.1 Å². The minimum atomic E-state index is -0.977. The average molecular weight is 337 g/mol. The molecule has 23 heavy (non-hydrogen) atoms. The molecule has 0 saturated carbocycles. The van der Waals surface area contributed by atoms with Gasteiger partial charge in [0.05, 0.1) is 18.6 Å². The van der Waals surface area contributed by atoms with Crippen molar-refractivity contribution in [2.24, 2.45) is 5.73 Å². The van der Waals surface area contributed by atoms with Gasteiger partial charge in [0.15, 0.2) is 0 Å². The van der Waals surface area contributed by atoms with Gasteiger partial charge in [-0.25, -0.2) is 4.79 Å². The summed E-state index contributed by atoms with van der Waals surface area (Å²) in [5.74, 6) is -1.53. The third-order valence-electron chi connectivity index (χ3n) is 4.50. The molecule has 0 spiro atoms. The van der Waals surface area contributed by atoms with E-state index in [1.54, 1.807) is 11.3 Å². The van der Waals surface area contributed by atoms with Crippen LogP contribution >= 0.6 is 11.3 Å². The lowest BCUT2D eigenvalue weighted by Gasteiger charge is -2.39. The zero-order valence-electron chi connectivity index (χ0n) is 12.6. The van der Waals surface area contributed by atoms with Crippen molar-refractivity contribution < 1.29 is 19.5 Å². The number of carboxylic acid groups (broad SMARTS) is 1. The molecule has 1 aromatic heterocycles. The van der Waals surface area contributed by atoms with Crippen LogP contribution in [0.1, 0.15) is 18.4 Å². The number of fused-ring (bicyclic) bond motifs is 1. The third-order valence-corrected chi connectivity index (χ3v) is 5.23. The van der Waals surface area contributed by atoms with E-state index in [9.17, 15) is 19.5 Å². The second-order valence-corrected chi connectivity index (χ2v) is 6.83. The first-order chi connectivity index (χ1) is 11.0. The largest absolute Gasteiger partial charge is 0.480 e. The summed E-state index contributed by atoms with van der Waals surface area (Å²) in [6.07, 6.45) is 1.49. The standard InChI is InChI=1S/C15H19N3O4S/c16-11(5-9-3-4-23-8-9)14(20)17-6-10-1-2-12(15(21)22)18(10)13(19)7-17/h3-4,8,10-12H,1-2,5-7,16H2,(H,21,22). The van der Waals surface area contributed by atoms with Gasteiger partial charge in [0, 0.05) is 6.54 Å². The van der Waals surface area contributed by atoms with Crippen LogP contribution in [0, 0.1) is 0 Å². The number of piperazine rings is 1. The van der Waals surface area contributed by atoms with Crippen molar-refractivity contribution in [1.82, 2.24) is 9.80 Å². The van der Waals surface area contributed by atoms with E-state index < -0.39 is 18.1 Å². The first-order valence-corrected chi connectivity index (χ1v) is 8.51. The van der Waals surface area contributed by atoms with Gasteiger partial charge in [-0.2, -0.15) is 11.3 Å². The number of nitrogens with zero attached hydrogens (tertiary/aromatic N) is 2. The second-order valence-electron chi connectivity index (χ2n) is 6.05. The fourth-order valence-corrected chi connectivity index (χ4v) is 4.08. The molecule has 8 heteroatoms. The van der Waals surface area contributed by atoms with Crippen molar-refractivity contribution in [2.45, 2.75) is 37.4 Å². The molecule has 3 atom stereocenters. The molecule has 0 radical (unpaired) electrons. The first-order valence-electron chi connectivity index (χ1n) is 7.56. The number of nitrogens with two attached hydrogens (primary N) is 1. The van der Waals surface area contributed by atoms with Crippen LogP contribution in [0.2, 0.25) is 0 Å². The SMILES string of the molecule is NC(Cc1ccsc1)C(=O)N1CC(=O)N2C(CCC2C(=O)O)C1. The minimum Gasteiger partial charge on any atom is -0.480 e. The van der Waals surface area contributed by atoms with Gasteiger partial charge in [0.25, 0.3) is 0 Å². The number of amides is 2. The first kappa shape index (κ1) is 15.9. The number of hydrogen-bond acceptors (Lipinski definition) is 5. The zero-order valence-corrected chi connectivity index (χ0v) is 13.4. The molecule has 3 heterocycles. The Morgan fingerprint density at radius 2 is 2.22 bits per heavy atom. The summed E-state index contributed by atoms with van der Waals surface area (Å²) in [5, 5.41) is 13.1. The molecule has 3 rings (SSSR count). The third kappa shape index (κ3) is 3.09. The Morgan fingerprint density at radius 3 is 2.87 bits per heavy atom. The van der Waals surface area contributed by atoms with E-state index in [1.807, 2.05) is 16.8 Å². The molecular formula is C15H19N3O4S. The van der Waals surface area contributed by atoms with Crippen molar-refractivity contribution in [2.75, 3.05) is 13.1 Å². The summed E-state index contributed by atoms with van der Waals surface area (Å²) in [5.41, 5.74) is 7.00. The molecule has 2 saturated heterocycles. The van der Waals surface area contributed by atoms with Crippen LogP contribution in [-0.4, -0.2) is 63.9 Å². The van der Waals surface area contributed by atoms with Gasteiger partial charge in [-0.3, -0.25) is 9.59 Å². The number of carbonyl (C=O) groups excluding carboxylic acids is 2. The maximum Gasteiger partial charge on any atom is 0.326 e. The van der Waals surface area contributed by atoms with Crippen LogP contribution in [0.4, 0.5) is 0 Å². The molecule has 1 aromatic rings. The maximum atomic E-state index is 12.5. The number of rotatable bonds is 4. The highest BCUT2D eigenvalue weighted by molar-refractivity contribution is 7.07. The highest BCUT2D eigenvalue weighted by Crippen LogP contribution is 2.28. The van der Waals surface area contributed by atoms with E-state index in [0.717, 1.165) is 5.56 Å². The van der Waals surface area contributed by atoms with Crippen LogP contribution in [-0.2, 0) is 20.8 Å². The van der Waals surface area contributed by atoms with E-state index in [-0.39, 0.29) is 24.4 Å². The summed E-state index contributed by atoms with van der Waals surface area (Å²) in [7, 11) is 0. The number of carboxylic acids is 1. The number of carbonyl (C=O) groups is 3. The molecule has 3 N–H and O–H groups in total. The Morgan fingerprint density at radius 1 is 1.43 bits per heavy atom. The quantitative estimate of drug-likeness (QED) is 0.799. The number of thiophene rings is 1. The van der Waals surface area contributed by atoms with Crippen molar-refractivity contribution in [3.05, 3.63) is 22.4 Å². The zero-order chi connectivity index (χ0) is 16.6. The van der Waals surface area contributed by atoms with E-state index >= 15 is 0 Å². The van der Waals surface area contributed by atoms with Crippen LogP contribution < -0.4 is 5.73 Å². The second kappa shape index (κ2) is 6.29. The normalized spacial score (nSPS) is 25.3. The molecule has 0 aliphatic carbocycles. The number of hydrogen-bond donors (Lipinski definition) is 2. The topological polar surface area (TPSA) is 104 Å². The highest BCUT2D eigenvalue weighted by Gasteiger charge is 2.45. The molecule has 0 aromatic carbocycles. The summed E-state index contributed by atoms with van der Waals surface area (Å²) in [6.45, 7) is 0.280. The molecule has 7 nitrogen and oxygen atoms in total. The van der Waals surface area contributed by atoms with Gasteiger partial charge in [-0.15, -0.1) is 0 Å². The van der Waals surface area contributed by atoms with Gasteiger partial charge in [0.2, 0.25) is 11.8 Å². The van der Waals surface area contributed by atoms with E-state index in [4.69, 9.17) is 5.73 Å². The molecular weight excluding hydrogens is 318 g/mol. The van der Waals surface area contributed by atoms with Crippen molar-refractivity contribution in [3.63, 3.8) is 0 Å². The maximum absolute atomic E-state index is 12.5. The lowest BCUT2D eigenvalue weighted by atomic mass is 10.1. The Kier molecular flexibility index (Phi) is 4.36. The van der Waals surface area contributed by atoms with Crippen LogP contribution in [0.3, 0.4) is 0 Å². The van der Waals surface area contributed by atoms with Crippen molar-refractivity contribution in [1.29, 1.82) is 0 Å². The fourth-order valence-electron chi connectivity index (χ4n) is 3.40. The monoisotopic (exact) mass is 337 g/mol. The molecule has 2 amide bonds. The summed E-state index contributed by atoms with van der Waals surface area (Å²) >= 11 is 1.55. The average Bonchev–Trinajstić information content (AvgIpc) is 3.15. The van der Waals surface area contributed by atoms with Crippen LogP contribution in [0.15, 0.2) is 16.8 Å².